The van der Waals surface area contributed by atoms with Gasteiger partial charge in [0.05, 0.1) is 5.60 Å². The van der Waals surface area contributed by atoms with Gasteiger partial charge < -0.3 is 10.8 Å². The molecule has 76 valence electrons. The van der Waals surface area contributed by atoms with Crippen LogP contribution < -0.4 is 5.73 Å². The van der Waals surface area contributed by atoms with Crippen LogP contribution in [-0.2, 0) is 5.54 Å². The lowest BCUT2D eigenvalue weighted by atomic mass is 9.63. The van der Waals surface area contributed by atoms with E-state index in [9.17, 15) is 9.50 Å². The molecule has 0 atom stereocenters. The largest absolute Gasteiger partial charge is 0.390 e. The van der Waals surface area contributed by atoms with Crippen molar-refractivity contribution in [2.75, 3.05) is 0 Å². The molecule has 0 spiro atoms. The van der Waals surface area contributed by atoms with Crippen LogP contribution in [0.25, 0.3) is 0 Å². The summed E-state index contributed by atoms with van der Waals surface area (Å²) in [6.45, 7) is 1.77. The van der Waals surface area contributed by atoms with Gasteiger partial charge in [-0.1, -0.05) is 12.1 Å². The molecule has 1 aliphatic carbocycles. The van der Waals surface area contributed by atoms with Gasteiger partial charge in [0.1, 0.15) is 5.82 Å². The molecule has 1 aromatic rings. The average Bonchev–Trinajstić information content (AvgIpc) is 2.01. The normalized spacial score (nSPS) is 36.6. The Morgan fingerprint density at radius 2 is 1.79 bits per heavy atom. The third-order valence-electron chi connectivity index (χ3n) is 2.81. The molecule has 0 amide bonds. The first kappa shape index (κ1) is 9.62. The smallest absolute Gasteiger partial charge is 0.123 e. The summed E-state index contributed by atoms with van der Waals surface area (Å²) in [6.07, 6.45) is 1.07. The van der Waals surface area contributed by atoms with E-state index in [0.717, 1.165) is 5.56 Å². The number of hydrogen-bond acceptors (Lipinski definition) is 2. The number of halogens is 1. The van der Waals surface area contributed by atoms with E-state index >= 15 is 0 Å². The molecule has 0 aromatic heterocycles. The molecule has 2 nitrogen and oxygen atoms in total. The highest BCUT2D eigenvalue weighted by Crippen LogP contribution is 2.45. The van der Waals surface area contributed by atoms with Crippen LogP contribution in [0.4, 0.5) is 4.39 Å². The Balaban J connectivity index is 2.21. The minimum atomic E-state index is -0.664. The van der Waals surface area contributed by atoms with Gasteiger partial charge in [-0.2, -0.15) is 0 Å². The van der Waals surface area contributed by atoms with Crippen molar-refractivity contribution in [3.8, 4) is 0 Å². The van der Waals surface area contributed by atoms with E-state index in [0.29, 0.717) is 12.8 Å². The predicted octanol–water partition coefficient (Wildman–Crippen LogP) is 1.52. The predicted molar refractivity (Wildman–Crippen MR) is 52.1 cm³/mol. The first-order valence-corrected chi connectivity index (χ1v) is 4.69. The molecule has 1 aromatic carbocycles. The van der Waals surface area contributed by atoms with Gasteiger partial charge in [-0.05, 0) is 37.5 Å². The van der Waals surface area contributed by atoms with Crippen molar-refractivity contribution in [3.05, 3.63) is 35.6 Å². The molecular formula is C11H14FNO. The molecule has 0 bridgehead atoms. The van der Waals surface area contributed by atoms with E-state index in [1.165, 1.54) is 12.1 Å². The van der Waals surface area contributed by atoms with Crippen molar-refractivity contribution in [1.29, 1.82) is 0 Å². The van der Waals surface area contributed by atoms with E-state index in [4.69, 9.17) is 5.73 Å². The summed E-state index contributed by atoms with van der Waals surface area (Å²) in [5.41, 5.74) is 5.82. The van der Waals surface area contributed by atoms with Crippen molar-refractivity contribution in [2.45, 2.75) is 30.9 Å². The quantitative estimate of drug-likeness (QED) is 0.713. The first-order chi connectivity index (χ1) is 6.41. The fourth-order valence-electron chi connectivity index (χ4n) is 2.29. The molecule has 1 saturated carbocycles. The Morgan fingerprint density at radius 3 is 2.21 bits per heavy atom. The molecule has 3 heteroatoms. The average molecular weight is 195 g/mol. The maximum Gasteiger partial charge on any atom is 0.123 e. The molecule has 0 heterocycles. The van der Waals surface area contributed by atoms with E-state index in [1.54, 1.807) is 19.1 Å². The Labute approximate surface area is 82.5 Å². The van der Waals surface area contributed by atoms with Crippen molar-refractivity contribution in [3.63, 3.8) is 0 Å². The third-order valence-corrected chi connectivity index (χ3v) is 2.81. The molecule has 14 heavy (non-hydrogen) atoms. The topological polar surface area (TPSA) is 46.2 Å². The van der Waals surface area contributed by atoms with E-state index in [-0.39, 0.29) is 5.82 Å². The summed E-state index contributed by atoms with van der Waals surface area (Å²) in [6, 6.07) is 6.17. The van der Waals surface area contributed by atoms with Crippen LogP contribution in [0.1, 0.15) is 25.3 Å². The van der Waals surface area contributed by atoms with Crippen molar-refractivity contribution < 1.29 is 9.50 Å². The van der Waals surface area contributed by atoms with Crippen molar-refractivity contribution in [2.24, 2.45) is 5.73 Å². The van der Waals surface area contributed by atoms with Gasteiger partial charge in [0.2, 0.25) is 0 Å². The van der Waals surface area contributed by atoms with Crippen LogP contribution in [-0.4, -0.2) is 10.7 Å². The summed E-state index contributed by atoms with van der Waals surface area (Å²) in [5.74, 6) is -0.261. The van der Waals surface area contributed by atoms with Crippen molar-refractivity contribution >= 4 is 0 Å². The summed E-state index contributed by atoms with van der Waals surface area (Å²) < 4.78 is 12.7. The van der Waals surface area contributed by atoms with Crippen LogP contribution in [0.5, 0.6) is 0 Å². The zero-order valence-corrected chi connectivity index (χ0v) is 8.13. The number of nitrogens with two attached hydrogens (primary N) is 1. The van der Waals surface area contributed by atoms with Gasteiger partial charge in [0.15, 0.2) is 0 Å². The number of aliphatic hydroxyl groups is 1. The SMILES string of the molecule is CC1(O)CC(N)(c2ccc(F)cc2)C1. The van der Waals surface area contributed by atoms with Gasteiger partial charge in [-0.25, -0.2) is 4.39 Å². The zero-order valence-electron chi connectivity index (χ0n) is 8.13. The second kappa shape index (κ2) is 2.78. The number of benzene rings is 1. The zero-order chi connectivity index (χ0) is 10.4. The van der Waals surface area contributed by atoms with Gasteiger partial charge in [0.25, 0.3) is 0 Å². The first-order valence-electron chi connectivity index (χ1n) is 4.69. The van der Waals surface area contributed by atoms with Gasteiger partial charge in [-0.15, -0.1) is 0 Å². The van der Waals surface area contributed by atoms with E-state index < -0.39 is 11.1 Å². The van der Waals surface area contributed by atoms with Gasteiger partial charge in [0, 0.05) is 5.54 Å². The lowest BCUT2D eigenvalue weighted by molar-refractivity contribution is -0.0738. The summed E-state index contributed by atoms with van der Waals surface area (Å²) in [4.78, 5) is 0. The van der Waals surface area contributed by atoms with Crippen LogP contribution in [0.2, 0.25) is 0 Å². The molecule has 2 rings (SSSR count). The lowest BCUT2D eigenvalue weighted by Gasteiger charge is -2.49. The maximum absolute atomic E-state index is 12.7. The summed E-state index contributed by atoms with van der Waals surface area (Å²) in [5, 5.41) is 9.61. The molecular weight excluding hydrogens is 181 g/mol. The third kappa shape index (κ3) is 1.53. The Kier molecular flexibility index (Phi) is 1.91. The van der Waals surface area contributed by atoms with Gasteiger partial charge in [-0.3, -0.25) is 0 Å². The highest BCUT2D eigenvalue weighted by atomic mass is 19.1. The molecule has 0 radical (unpaired) electrons. The minimum absolute atomic E-state index is 0.261. The molecule has 0 aliphatic heterocycles. The van der Waals surface area contributed by atoms with E-state index in [1.807, 2.05) is 0 Å². The number of hydrogen-bond donors (Lipinski definition) is 2. The maximum atomic E-state index is 12.7. The Bertz CT molecular complexity index is 337. The van der Waals surface area contributed by atoms with Crippen LogP contribution >= 0.6 is 0 Å². The lowest BCUT2D eigenvalue weighted by Crippen LogP contribution is -2.58. The Morgan fingerprint density at radius 1 is 1.29 bits per heavy atom. The summed E-state index contributed by atoms with van der Waals surface area (Å²) in [7, 11) is 0. The Hall–Kier alpha value is -0.930. The second-order valence-electron chi connectivity index (χ2n) is 4.51. The highest BCUT2D eigenvalue weighted by molar-refractivity contribution is 5.29. The van der Waals surface area contributed by atoms with Crippen molar-refractivity contribution in [1.82, 2.24) is 0 Å². The van der Waals surface area contributed by atoms with Gasteiger partial charge >= 0.3 is 0 Å². The fraction of sp³-hybridized carbons (Fsp3) is 0.455. The number of rotatable bonds is 1. The standard InChI is InChI=1S/C11H14FNO/c1-10(14)6-11(13,7-10)8-2-4-9(12)5-3-8/h2-5,14H,6-7,13H2,1H3. The monoisotopic (exact) mass is 195 g/mol. The van der Waals surface area contributed by atoms with Crippen LogP contribution in [0, 0.1) is 5.82 Å². The molecule has 0 saturated heterocycles. The summed E-state index contributed by atoms with van der Waals surface area (Å²) >= 11 is 0. The molecule has 3 N–H and O–H groups in total. The second-order valence-corrected chi connectivity index (χ2v) is 4.51. The van der Waals surface area contributed by atoms with Crippen LogP contribution in [0.15, 0.2) is 24.3 Å². The molecule has 1 aliphatic rings. The highest BCUT2D eigenvalue weighted by Gasteiger charge is 2.49. The minimum Gasteiger partial charge on any atom is -0.390 e. The van der Waals surface area contributed by atoms with E-state index in [2.05, 4.69) is 0 Å². The molecule has 1 fully saturated rings. The molecule has 0 unspecified atom stereocenters. The van der Waals surface area contributed by atoms with Crippen LogP contribution in [0.3, 0.4) is 0 Å². The fourth-order valence-corrected chi connectivity index (χ4v) is 2.29.